The Hall–Kier alpha value is -2.02. The molecule has 1 aliphatic carbocycles. The van der Waals surface area contributed by atoms with Gasteiger partial charge >= 0.3 is 0 Å². The zero-order chi connectivity index (χ0) is 16.2. The standard InChI is InChI=1S/C15H20N2O4S/c1-21-14-10-12(8-9-13(14)17-22(2,19)20)16-15(18)11-6-4-3-5-7-11/h3-4,8-11,17H,5-7H2,1-2H3,(H,16,18)/t11-/m0/s1. The predicted octanol–water partition coefficient (Wildman–Crippen LogP) is 2.36. The van der Waals surface area contributed by atoms with E-state index < -0.39 is 10.0 Å². The molecular weight excluding hydrogens is 304 g/mol. The molecule has 1 aromatic rings. The number of carbonyl (C=O) groups is 1. The highest BCUT2D eigenvalue weighted by molar-refractivity contribution is 7.92. The van der Waals surface area contributed by atoms with Gasteiger partial charge in [0.1, 0.15) is 5.75 Å². The third-order valence-electron chi connectivity index (χ3n) is 3.40. The van der Waals surface area contributed by atoms with Gasteiger partial charge in [0.05, 0.1) is 19.1 Å². The number of carbonyl (C=O) groups excluding carboxylic acids is 1. The fourth-order valence-corrected chi connectivity index (χ4v) is 2.90. The molecule has 22 heavy (non-hydrogen) atoms. The summed E-state index contributed by atoms with van der Waals surface area (Å²) in [5.41, 5.74) is 0.916. The summed E-state index contributed by atoms with van der Waals surface area (Å²) in [6.07, 6.45) is 7.67. The Bertz CT molecular complexity index is 683. The van der Waals surface area contributed by atoms with Crippen LogP contribution >= 0.6 is 0 Å². The minimum Gasteiger partial charge on any atom is -0.494 e. The van der Waals surface area contributed by atoms with Crippen molar-refractivity contribution in [3.05, 3.63) is 30.4 Å². The average molecular weight is 324 g/mol. The van der Waals surface area contributed by atoms with Crippen LogP contribution in [0.4, 0.5) is 11.4 Å². The molecule has 0 heterocycles. The maximum Gasteiger partial charge on any atom is 0.229 e. The first-order chi connectivity index (χ1) is 10.4. The van der Waals surface area contributed by atoms with Crippen LogP contribution < -0.4 is 14.8 Å². The van der Waals surface area contributed by atoms with Gasteiger partial charge in [0.15, 0.2) is 0 Å². The van der Waals surface area contributed by atoms with Crippen molar-refractivity contribution in [2.45, 2.75) is 19.3 Å². The minimum atomic E-state index is -3.39. The molecule has 120 valence electrons. The minimum absolute atomic E-state index is 0.0233. The Morgan fingerprint density at radius 2 is 2.09 bits per heavy atom. The van der Waals surface area contributed by atoms with Crippen LogP contribution in [0, 0.1) is 5.92 Å². The van der Waals surface area contributed by atoms with Gasteiger partial charge in [-0.05, 0) is 31.4 Å². The Labute approximate surface area is 130 Å². The highest BCUT2D eigenvalue weighted by Crippen LogP contribution is 2.29. The molecule has 6 nitrogen and oxygen atoms in total. The van der Waals surface area contributed by atoms with Gasteiger partial charge < -0.3 is 10.1 Å². The maximum atomic E-state index is 12.2. The zero-order valence-electron chi connectivity index (χ0n) is 12.6. The molecule has 1 aliphatic rings. The smallest absolute Gasteiger partial charge is 0.229 e. The summed E-state index contributed by atoms with van der Waals surface area (Å²) in [5.74, 6) is 0.298. The number of nitrogens with one attached hydrogen (secondary N) is 2. The van der Waals surface area contributed by atoms with E-state index >= 15 is 0 Å². The summed E-state index contributed by atoms with van der Waals surface area (Å²) in [6, 6.07) is 4.81. The third kappa shape index (κ3) is 4.49. The number of sulfonamides is 1. The highest BCUT2D eigenvalue weighted by Gasteiger charge is 2.19. The van der Waals surface area contributed by atoms with Gasteiger partial charge in [-0.2, -0.15) is 0 Å². The lowest BCUT2D eigenvalue weighted by Gasteiger charge is -2.18. The fraction of sp³-hybridized carbons (Fsp3) is 0.400. The number of amides is 1. The van der Waals surface area contributed by atoms with Crippen LogP contribution in [0.15, 0.2) is 30.4 Å². The first-order valence-electron chi connectivity index (χ1n) is 7.01. The van der Waals surface area contributed by atoms with Gasteiger partial charge in [-0.1, -0.05) is 12.2 Å². The highest BCUT2D eigenvalue weighted by atomic mass is 32.2. The van der Waals surface area contributed by atoms with Crippen LogP contribution in [0.25, 0.3) is 0 Å². The van der Waals surface area contributed by atoms with Crippen molar-refractivity contribution >= 4 is 27.3 Å². The summed E-state index contributed by atoms with van der Waals surface area (Å²) in [4.78, 5) is 12.2. The topological polar surface area (TPSA) is 84.5 Å². The number of benzene rings is 1. The second kappa shape index (κ2) is 6.83. The summed E-state index contributed by atoms with van der Waals surface area (Å²) in [6.45, 7) is 0. The number of hydrogen-bond donors (Lipinski definition) is 2. The number of ether oxygens (including phenoxy) is 1. The van der Waals surface area contributed by atoms with Gasteiger partial charge in [-0.15, -0.1) is 0 Å². The molecule has 2 N–H and O–H groups in total. The van der Waals surface area contributed by atoms with E-state index in [1.807, 2.05) is 6.08 Å². The van der Waals surface area contributed by atoms with Crippen LogP contribution in [-0.4, -0.2) is 27.7 Å². The zero-order valence-corrected chi connectivity index (χ0v) is 13.4. The number of anilines is 2. The molecule has 1 aromatic carbocycles. The lowest BCUT2D eigenvalue weighted by atomic mass is 9.93. The van der Waals surface area contributed by atoms with Gasteiger partial charge in [-0.3, -0.25) is 9.52 Å². The quantitative estimate of drug-likeness (QED) is 0.814. The molecule has 0 radical (unpaired) electrons. The van der Waals surface area contributed by atoms with Gasteiger partial charge in [0.25, 0.3) is 0 Å². The second-order valence-corrected chi connectivity index (χ2v) is 7.01. The van der Waals surface area contributed by atoms with E-state index in [9.17, 15) is 13.2 Å². The molecule has 2 rings (SSSR count). The predicted molar refractivity (Wildman–Crippen MR) is 86.6 cm³/mol. The Kier molecular flexibility index (Phi) is 5.07. The maximum absolute atomic E-state index is 12.2. The normalized spacial score (nSPS) is 17.8. The molecule has 0 unspecified atom stereocenters. The number of methoxy groups -OCH3 is 1. The van der Waals surface area contributed by atoms with E-state index in [1.165, 1.54) is 7.11 Å². The molecule has 0 bridgehead atoms. The Morgan fingerprint density at radius 3 is 2.68 bits per heavy atom. The largest absolute Gasteiger partial charge is 0.494 e. The van der Waals surface area contributed by atoms with E-state index in [-0.39, 0.29) is 11.8 Å². The Balaban J connectivity index is 2.12. The first-order valence-corrected chi connectivity index (χ1v) is 8.90. The monoisotopic (exact) mass is 324 g/mol. The van der Waals surface area contributed by atoms with Crippen molar-refractivity contribution in [2.75, 3.05) is 23.4 Å². The van der Waals surface area contributed by atoms with Crippen molar-refractivity contribution in [3.8, 4) is 5.75 Å². The van der Waals surface area contributed by atoms with Crippen molar-refractivity contribution < 1.29 is 17.9 Å². The summed E-state index contributed by atoms with van der Waals surface area (Å²) >= 11 is 0. The van der Waals surface area contributed by atoms with Crippen LogP contribution in [0.1, 0.15) is 19.3 Å². The Morgan fingerprint density at radius 1 is 1.32 bits per heavy atom. The lowest BCUT2D eigenvalue weighted by Crippen LogP contribution is -2.23. The van der Waals surface area contributed by atoms with Crippen molar-refractivity contribution in [2.24, 2.45) is 5.92 Å². The molecule has 7 heteroatoms. The molecule has 0 spiro atoms. The van der Waals surface area contributed by atoms with Crippen LogP contribution in [0.5, 0.6) is 5.75 Å². The second-order valence-electron chi connectivity index (χ2n) is 5.26. The van der Waals surface area contributed by atoms with E-state index in [4.69, 9.17) is 4.74 Å². The molecule has 0 saturated heterocycles. The molecular formula is C15H20N2O4S. The van der Waals surface area contributed by atoms with Gasteiger partial charge in [0.2, 0.25) is 15.9 Å². The fourth-order valence-electron chi connectivity index (χ4n) is 2.33. The van der Waals surface area contributed by atoms with Crippen LogP contribution in [0.2, 0.25) is 0 Å². The number of rotatable bonds is 5. The van der Waals surface area contributed by atoms with Gasteiger partial charge in [-0.25, -0.2) is 8.42 Å². The van der Waals surface area contributed by atoms with Crippen LogP contribution in [-0.2, 0) is 14.8 Å². The van der Waals surface area contributed by atoms with E-state index in [0.29, 0.717) is 17.1 Å². The summed E-state index contributed by atoms with van der Waals surface area (Å²) in [5, 5.41) is 2.85. The van der Waals surface area contributed by atoms with Crippen molar-refractivity contribution in [1.82, 2.24) is 0 Å². The van der Waals surface area contributed by atoms with Gasteiger partial charge in [0, 0.05) is 17.7 Å². The van der Waals surface area contributed by atoms with Crippen molar-refractivity contribution in [3.63, 3.8) is 0 Å². The van der Waals surface area contributed by atoms with Crippen molar-refractivity contribution in [1.29, 1.82) is 0 Å². The average Bonchev–Trinajstić information content (AvgIpc) is 2.48. The molecule has 1 amide bonds. The number of allylic oxidation sites excluding steroid dienone is 2. The SMILES string of the molecule is COc1cc(NC(=O)[C@H]2CC=CCC2)ccc1NS(C)(=O)=O. The molecule has 1 atom stereocenters. The van der Waals surface area contributed by atoms with E-state index in [1.54, 1.807) is 18.2 Å². The summed E-state index contributed by atoms with van der Waals surface area (Å²) in [7, 11) is -1.94. The van der Waals surface area contributed by atoms with E-state index in [2.05, 4.69) is 16.1 Å². The molecule has 0 aromatic heterocycles. The third-order valence-corrected chi connectivity index (χ3v) is 3.99. The molecule has 0 saturated carbocycles. The lowest BCUT2D eigenvalue weighted by molar-refractivity contribution is -0.120. The number of hydrogen-bond acceptors (Lipinski definition) is 4. The summed E-state index contributed by atoms with van der Waals surface area (Å²) < 4.78 is 30.1. The first kappa shape index (κ1) is 16.4. The molecule has 0 fully saturated rings. The van der Waals surface area contributed by atoms with Crippen LogP contribution in [0.3, 0.4) is 0 Å². The van der Waals surface area contributed by atoms with E-state index in [0.717, 1.165) is 25.5 Å². The molecule has 0 aliphatic heterocycles.